The third-order valence-electron chi connectivity index (χ3n) is 3.33. The zero-order valence-electron chi connectivity index (χ0n) is 10.2. The summed E-state index contributed by atoms with van der Waals surface area (Å²) in [5.74, 6) is 5.85. The lowest BCUT2D eigenvalue weighted by atomic mass is 10.1. The molecule has 92 valence electrons. The van der Waals surface area contributed by atoms with Crippen LogP contribution in [0.3, 0.4) is 0 Å². The van der Waals surface area contributed by atoms with Crippen LogP contribution in [0, 0.1) is 0 Å². The molecule has 18 heavy (non-hydrogen) atoms. The van der Waals surface area contributed by atoms with Crippen LogP contribution in [0.1, 0.15) is 11.3 Å². The van der Waals surface area contributed by atoms with Crippen molar-refractivity contribution in [1.82, 2.24) is 15.2 Å². The molecular formula is C14H16N4. The van der Waals surface area contributed by atoms with Gasteiger partial charge in [-0.1, -0.05) is 30.3 Å². The molecule has 1 aliphatic rings. The van der Waals surface area contributed by atoms with Gasteiger partial charge in [0.25, 0.3) is 0 Å². The number of benzene rings is 1. The van der Waals surface area contributed by atoms with Gasteiger partial charge in [-0.3, -0.25) is 5.84 Å². The summed E-state index contributed by atoms with van der Waals surface area (Å²) in [5.41, 5.74) is 4.42. The minimum atomic E-state index is 0.854. The third-order valence-corrected chi connectivity index (χ3v) is 3.33. The molecule has 1 aromatic heterocycles. The highest BCUT2D eigenvalue weighted by Crippen LogP contribution is 2.20. The standard InChI is InChI=1S/C14H16N4/c15-18-8-6-12-10-14(11-4-2-1-3-5-11)17-16-13(12)7-9-18/h1-5,10H,6-9,15H2. The van der Waals surface area contributed by atoms with Crippen molar-refractivity contribution in [2.75, 3.05) is 13.1 Å². The number of nitrogens with zero attached hydrogens (tertiary/aromatic N) is 3. The van der Waals surface area contributed by atoms with Crippen LogP contribution in [-0.4, -0.2) is 28.3 Å². The first-order valence-corrected chi connectivity index (χ1v) is 6.23. The van der Waals surface area contributed by atoms with Crippen molar-refractivity contribution in [3.8, 4) is 11.3 Å². The van der Waals surface area contributed by atoms with Crippen molar-refractivity contribution in [3.05, 3.63) is 47.7 Å². The van der Waals surface area contributed by atoms with E-state index in [0.717, 1.165) is 42.9 Å². The van der Waals surface area contributed by atoms with E-state index in [9.17, 15) is 0 Å². The van der Waals surface area contributed by atoms with Crippen molar-refractivity contribution < 1.29 is 0 Å². The van der Waals surface area contributed by atoms with Crippen molar-refractivity contribution in [3.63, 3.8) is 0 Å². The predicted octanol–water partition coefficient (Wildman–Crippen LogP) is 1.42. The lowest BCUT2D eigenvalue weighted by molar-refractivity contribution is 0.298. The Morgan fingerprint density at radius 3 is 2.61 bits per heavy atom. The fourth-order valence-corrected chi connectivity index (χ4v) is 2.26. The van der Waals surface area contributed by atoms with Gasteiger partial charge in [-0.05, 0) is 18.1 Å². The second-order valence-corrected chi connectivity index (χ2v) is 4.60. The molecule has 0 spiro atoms. The summed E-state index contributed by atoms with van der Waals surface area (Å²) in [6, 6.07) is 12.3. The van der Waals surface area contributed by atoms with Gasteiger partial charge in [-0.25, -0.2) is 5.01 Å². The van der Waals surface area contributed by atoms with Gasteiger partial charge in [0.15, 0.2) is 0 Å². The Labute approximate surface area is 106 Å². The number of hydrazine groups is 1. The number of fused-ring (bicyclic) bond motifs is 1. The summed E-state index contributed by atoms with van der Waals surface area (Å²) in [5, 5.41) is 10.5. The molecule has 1 aliphatic heterocycles. The third kappa shape index (κ3) is 2.25. The topological polar surface area (TPSA) is 55.0 Å². The van der Waals surface area contributed by atoms with Crippen molar-refractivity contribution in [1.29, 1.82) is 0 Å². The second kappa shape index (κ2) is 4.84. The molecule has 0 saturated heterocycles. The summed E-state index contributed by atoms with van der Waals surface area (Å²) in [7, 11) is 0. The van der Waals surface area contributed by atoms with Gasteiger partial charge in [0, 0.05) is 25.1 Å². The Hall–Kier alpha value is -1.78. The van der Waals surface area contributed by atoms with E-state index in [1.54, 1.807) is 0 Å². The minimum Gasteiger partial charge on any atom is -0.269 e. The molecule has 4 nitrogen and oxygen atoms in total. The minimum absolute atomic E-state index is 0.854. The van der Waals surface area contributed by atoms with Crippen LogP contribution in [0.4, 0.5) is 0 Å². The number of hydrogen-bond donors (Lipinski definition) is 1. The van der Waals surface area contributed by atoms with Crippen molar-refractivity contribution >= 4 is 0 Å². The van der Waals surface area contributed by atoms with Gasteiger partial charge < -0.3 is 0 Å². The Bertz CT molecular complexity index is 539. The maximum atomic E-state index is 5.85. The van der Waals surface area contributed by atoms with Crippen LogP contribution >= 0.6 is 0 Å². The molecule has 2 heterocycles. The Morgan fingerprint density at radius 1 is 1.00 bits per heavy atom. The van der Waals surface area contributed by atoms with Gasteiger partial charge in [-0.15, -0.1) is 0 Å². The van der Waals surface area contributed by atoms with Gasteiger partial charge in [0.1, 0.15) is 0 Å². The van der Waals surface area contributed by atoms with Gasteiger partial charge in [0.2, 0.25) is 0 Å². The van der Waals surface area contributed by atoms with E-state index in [2.05, 4.69) is 28.4 Å². The van der Waals surface area contributed by atoms with E-state index in [4.69, 9.17) is 5.84 Å². The quantitative estimate of drug-likeness (QED) is 0.766. The molecule has 1 aromatic carbocycles. The summed E-state index contributed by atoms with van der Waals surface area (Å²) in [6.07, 6.45) is 1.83. The lowest BCUT2D eigenvalue weighted by Gasteiger charge is -2.10. The maximum absolute atomic E-state index is 5.85. The first-order valence-electron chi connectivity index (χ1n) is 6.23. The van der Waals surface area contributed by atoms with Gasteiger partial charge in [-0.2, -0.15) is 10.2 Å². The second-order valence-electron chi connectivity index (χ2n) is 4.60. The molecule has 2 N–H and O–H groups in total. The summed E-state index contributed by atoms with van der Waals surface area (Å²) >= 11 is 0. The smallest absolute Gasteiger partial charge is 0.0932 e. The fraction of sp³-hybridized carbons (Fsp3) is 0.286. The summed E-state index contributed by atoms with van der Waals surface area (Å²) in [4.78, 5) is 0. The average Bonchev–Trinajstić information content (AvgIpc) is 2.62. The molecule has 2 aromatic rings. The van der Waals surface area contributed by atoms with E-state index in [0.29, 0.717) is 0 Å². The van der Waals surface area contributed by atoms with Crippen LogP contribution in [0.25, 0.3) is 11.3 Å². The molecule has 0 bridgehead atoms. The van der Waals surface area contributed by atoms with E-state index in [1.165, 1.54) is 5.56 Å². The monoisotopic (exact) mass is 240 g/mol. The first kappa shape index (κ1) is 11.3. The molecule has 0 radical (unpaired) electrons. The normalized spacial score (nSPS) is 16.1. The Balaban J connectivity index is 1.96. The highest BCUT2D eigenvalue weighted by atomic mass is 15.4. The van der Waals surface area contributed by atoms with Crippen LogP contribution < -0.4 is 5.84 Å². The molecule has 0 atom stereocenters. The molecule has 0 saturated carbocycles. The number of hydrogen-bond acceptors (Lipinski definition) is 4. The van der Waals surface area contributed by atoms with Gasteiger partial charge >= 0.3 is 0 Å². The number of nitrogens with two attached hydrogens (primary N) is 1. The molecular weight excluding hydrogens is 224 g/mol. The van der Waals surface area contributed by atoms with E-state index in [-0.39, 0.29) is 0 Å². The predicted molar refractivity (Wildman–Crippen MR) is 70.6 cm³/mol. The average molecular weight is 240 g/mol. The lowest BCUT2D eigenvalue weighted by Crippen LogP contribution is -2.33. The highest BCUT2D eigenvalue weighted by molar-refractivity contribution is 5.59. The largest absolute Gasteiger partial charge is 0.269 e. The zero-order chi connectivity index (χ0) is 12.4. The zero-order valence-corrected chi connectivity index (χ0v) is 10.2. The van der Waals surface area contributed by atoms with Crippen LogP contribution in [-0.2, 0) is 12.8 Å². The molecule has 0 fully saturated rings. The molecule has 0 unspecified atom stereocenters. The van der Waals surface area contributed by atoms with E-state index < -0.39 is 0 Å². The van der Waals surface area contributed by atoms with Crippen LogP contribution in [0.15, 0.2) is 36.4 Å². The highest BCUT2D eigenvalue weighted by Gasteiger charge is 2.14. The number of aromatic nitrogens is 2. The molecule has 0 amide bonds. The van der Waals surface area contributed by atoms with Crippen LogP contribution in [0.2, 0.25) is 0 Å². The molecule has 0 aliphatic carbocycles. The Morgan fingerprint density at radius 2 is 1.78 bits per heavy atom. The van der Waals surface area contributed by atoms with E-state index >= 15 is 0 Å². The first-order chi connectivity index (χ1) is 8.83. The SMILES string of the molecule is NN1CCc2cc(-c3ccccc3)nnc2CC1. The molecule has 3 rings (SSSR count). The van der Waals surface area contributed by atoms with Gasteiger partial charge in [0.05, 0.1) is 11.4 Å². The number of rotatable bonds is 1. The summed E-state index contributed by atoms with van der Waals surface area (Å²) in [6.45, 7) is 1.74. The summed E-state index contributed by atoms with van der Waals surface area (Å²) < 4.78 is 0. The van der Waals surface area contributed by atoms with Crippen molar-refractivity contribution in [2.24, 2.45) is 5.84 Å². The molecule has 4 heteroatoms. The van der Waals surface area contributed by atoms with E-state index in [1.807, 2.05) is 23.2 Å². The van der Waals surface area contributed by atoms with Crippen molar-refractivity contribution in [2.45, 2.75) is 12.8 Å². The fourth-order valence-electron chi connectivity index (χ4n) is 2.26. The Kier molecular flexibility index (Phi) is 3.04. The maximum Gasteiger partial charge on any atom is 0.0932 e. The van der Waals surface area contributed by atoms with Crippen LogP contribution in [0.5, 0.6) is 0 Å².